The maximum atomic E-state index is 13.5. The van der Waals surface area contributed by atoms with Crippen LogP contribution in [0.15, 0.2) is 36.9 Å². The number of hydrogen-bond donors (Lipinski definition) is 5. The Balaban J connectivity index is 0.00000119. The number of fused-ring (bicyclic) bond motifs is 1. The molecular weight excluding hydrogens is 769 g/mol. The van der Waals surface area contributed by atoms with E-state index in [1.165, 1.54) is 41.9 Å². The fraction of sp³-hybridized carbons (Fsp3) is 0.610. The molecule has 2 heterocycles. The summed E-state index contributed by atoms with van der Waals surface area (Å²) < 4.78 is 25.9. The summed E-state index contributed by atoms with van der Waals surface area (Å²) in [6.07, 6.45) is 13.4. The number of carboxylic acid groups (broad SMARTS) is 1. The van der Waals surface area contributed by atoms with Crippen molar-refractivity contribution in [3.8, 4) is 0 Å². The number of amides is 6. The third-order valence-electron chi connectivity index (χ3n) is 10.7. The maximum Gasteiger partial charge on any atom is 0.408 e. The average Bonchev–Trinajstić information content (AvgIpc) is 3.85. The molecule has 3 saturated carbocycles. The minimum atomic E-state index is -1.53. The van der Waals surface area contributed by atoms with Gasteiger partial charge in [0, 0.05) is 19.0 Å². The third kappa shape index (κ3) is 12.1. The average molecular weight is 827 g/mol. The maximum absolute atomic E-state index is 13.5. The van der Waals surface area contributed by atoms with Gasteiger partial charge in [-0.15, -0.1) is 6.58 Å². The molecule has 0 radical (unpaired) electrons. The van der Waals surface area contributed by atoms with Crippen molar-refractivity contribution in [2.45, 2.75) is 127 Å². The lowest BCUT2D eigenvalue weighted by Gasteiger charge is -2.27. The standard InChI is InChI=1S/C36H48N6O10S.C5H10/c1-5-24-17-36(24,32(46)40-53(50)25-13-14-25)39-31(45)28-12-7-15-42(28)29(43)18-37-30(44)27(38-33(47)52-35(2,3)4)21-51-16-8-11-22-9-6-10-23-19-41(34(48)49)20-26(22)23;1-2-4-5-3-1/h5-6,8-11,24-25,27-28H,1,7,12-21H2,2-4H3,(H,37,44)(H,38,47)(H,39,45)(H,40,46)(H,48,49);1-5H2/b11-8+;/t24?,27?,28?,36-,53?;/m1./s1. The predicted molar refractivity (Wildman–Crippen MR) is 216 cm³/mol. The molecule has 1 aromatic rings. The highest BCUT2D eigenvalue weighted by molar-refractivity contribution is 7.84. The highest BCUT2D eigenvalue weighted by Gasteiger charge is 2.61. The molecule has 5 N–H and O–H groups in total. The fourth-order valence-electron chi connectivity index (χ4n) is 7.30. The third-order valence-corrected chi connectivity index (χ3v) is 12.2. The van der Waals surface area contributed by atoms with Crippen LogP contribution >= 0.6 is 0 Å². The van der Waals surface area contributed by atoms with E-state index in [0.29, 0.717) is 25.8 Å². The van der Waals surface area contributed by atoms with E-state index in [4.69, 9.17) is 9.47 Å². The number of rotatable bonds is 15. The monoisotopic (exact) mass is 826 g/mol. The number of likely N-dealkylation sites (tertiary alicyclic amines) is 1. The van der Waals surface area contributed by atoms with Gasteiger partial charge in [-0.25, -0.2) is 13.8 Å². The van der Waals surface area contributed by atoms with Gasteiger partial charge < -0.3 is 35.4 Å². The molecule has 1 aromatic carbocycles. The minimum Gasteiger partial charge on any atom is -0.465 e. The predicted octanol–water partition coefficient (Wildman–Crippen LogP) is 3.66. The van der Waals surface area contributed by atoms with Gasteiger partial charge in [-0.3, -0.25) is 28.8 Å². The van der Waals surface area contributed by atoms with E-state index in [1.807, 2.05) is 18.2 Å². The van der Waals surface area contributed by atoms with E-state index in [0.717, 1.165) is 29.5 Å². The van der Waals surface area contributed by atoms with E-state index in [9.17, 15) is 38.1 Å². The van der Waals surface area contributed by atoms with Crippen LogP contribution < -0.4 is 20.7 Å². The minimum absolute atomic E-state index is 0.0539. The number of ether oxygens (including phenoxy) is 2. The SMILES string of the molecule is C1CCCC1.C=CC1C[C@]1(NC(=O)C1CCCN1C(=O)CNC(=O)C(COC/C=C/c1cccc2c1CN(C(=O)O)C2)NC(=O)OC(C)(C)C)C(=O)NS(=O)C1CC1. The highest BCUT2D eigenvalue weighted by atomic mass is 32.2. The summed E-state index contributed by atoms with van der Waals surface area (Å²) in [6.45, 7) is 8.92. The van der Waals surface area contributed by atoms with Gasteiger partial charge in [0.25, 0.3) is 5.91 Å². The number of nitrogens with zero attached hydrogens (tertiary/aromatic N) is 2. The van der Waals surface area contributed by atoms with Crippen LogP contribution in [-0.2, 0) is 52.7 Å². The Morgan fingerprint density at radius 2 is 1.74 bits per heavy atom. The number of nitrogens with one attached hydrogen (secondary N) is 4. The summed E-state index contributed by atoms with van der Waals surface area (Å²) in [5.41, 5.74) is 0.527. The summed E-state index contributed by atoms with van der Waals surface area (Å²) in [6, 6.07) is 3.47. The second-order valence-electron chi connectivity index (χ2n) is 16.4. The highest BCUT2D eigenvalue weighted by Crippen LogP contribution is 2.45. The molecule has 2 aliphatic heterocycles. The van der Waals surface area contributed by atoms with E-state index >= 15 is 0 Å². The largest absolute Gasteiger partial charge is 0.465 e. The second-order valence-corrected chi connectivity index (χ2v) is 17.9. The smallest absolute Gasteiger partial charge is 0.408 e. The molecule has 6 amide bonds. The molecule has 0 aromatic heterocycles. The Hall–Kier alpha value is -4.77. The fourth-order valence-corrected chi connectivity index (χ4v) is 8.39. The molecule has 58 heavy (non-hydrogen) atoms. The summed E-state index contributed by atoms with van der Waals surface area (Å²) in [7, 11) is -1.53. The number of alkyl carbamates (subject to hydrolysis) is 1. The topological polar surface area (TPSA) is 213 Å². The molecule has 0 bridgehead atoms. The first-order chi connectivity index (χ1) is 27.6. The van der Waals surface area contributed by atoms with E-state index in [1.54, 1.807) is 39.0 Å². The van der Waals surface area contributed by atoms with Crippen molar-refractivity contribution in [3.63, 3.8) is 0 Å². The van der Waals surface area contributed by atoms with Crippen LogP contribution in [0.25, 0.3) is 6.08 Å². The molecule has 3 aliphatic carbocycles. The van der Waals surface area contributed by atoms with E-state index in [-0.39, 0.29) is 37.5 Å². The molecule has 16 nitrogen and oxygen atoms in total. The molecule has 318 valence electrons. The van der Waals surface area contributed by atoms with Crippen LogP contribution in [0.1, 0.15) is 102 Å². The molecule has 6 rings (SSSR count). The molecule has 5 atom stereocenters. The first-order valence-electron chi connectivity index (χ1n) is 20.2. The van der Waals surface area contributed by atoms with E-state index in [2.05, 4.69) is 27.3 Å². The van der Waals surface area contributed by atoms with Crippen LogP contribution in [-0.4, -0.2) is 110 Å². The zero-order valence-electron chi connectivity index (χ0n) is 33.7. The first-order valence-corrected chi connectivity index (χ1v) is 21.4. The second kappa shape index (κ2) is 19.8. The van der Waals surface area contributed by atoms with Crippen molar-refractivity contribution in [3.05, 3.63) is 53.6 Å². The molecule has 4 fully saturated rings. The van der Waals surface area contributed by atoms with Crippen LogP contribution in [0.5, 0.6) is 0 Å². The summed E-state index contributed by atoms with van der Waals surface area (Å²) >= 11 is 0. The first kappa shape index (κ1) is 44.3. The van der Waals surface area contributed by atoms with Gasteiger partial charge in [-0.2, -0.15) is 0 Å². The summed E-state index contributed by atoms with van der Waals surface area (Å²) in [5.74, 6) is -2.65. The van der Waals surface area contributed by atoms with Gasteiger partial charge in [-0.05, 0) is 69.6 Å². The van der Waals surface area contributed by atoms with Crippen LogP contribution in [0.2, 0.25) is 0 Å². The summed E-state index contributed by atoms with van der Waals surface area (Å²) in [4.78, 5) is 79.9. The quantitative estimate of drug-likeness (QED) is 0.128. The number of hydrogen-bond acceptors (Lipinski definition) is 9. The molecule has 5 aliphatic rings. The van der Waals surface area contributed by atoms with Crippen molar-refractivity contribution < 1.29 is 47.6 Å². The Morgan fingerprint density at radius 1 is 1.03 bits per heavy atom. The van der Waals surface area contributed by atoms with Crippen molar-refractivity contribution in [2.75, 3.05) is 26.3 Å². The van der Waals surface area contributed by atoms with Crippen molar-refractivity contribution in [1.82, 2.24) is 30.5 Å². The Labute approximate surface area is 342 Å². The lowest BCUT2D eigenvalue weighted by atomic mass is 10.0. The molecule has 17 heteroatoms. The van der Waals surface area contributed by atoms with Crippen LogP contribution in [0.3, 0.4) is 0 Å². The summed E-state index contributed by atoms with van der Waals surface area (Å²) in [5, 5.41) is 17.1. The molecule has 4 unspecified atom stereocenters. The Kier molecular flexibility index (Phi) is 15.1. The van der Waals surface area contributed by atoms with Gasteiger partial charge in [0.2, 0.25) is 17.7 Å². The Bertz CT molecular complexity index is 1770. The number of benzene rings is 1. The zero-order valence-corrected chi connectivity index (χ0v) is 34.5. The van der Waals surface area contributed by atoms with Gasteiger partial charge >= 0.3 is 12.2 Å². The van der Waals surface area contributed by atoms with E-state index < -0.39 is 76.6 Å². The van der Waals surface area contributed by atoms with Crippen molar-refractivity contribution >= 4 is 52.9 Å². The van der Waals surface area contributed by atoms with Gasteiger partial charge in [0.15, 0.2) is 0 Å². The molecular formula is C41H58N6O10S. The van der Waals surface area contributed by atoms with Crippen LogP contribution in [0.4, 0.5) is 9.59 Å². The van der Waals surface area contributed by atoms with Gasteiger partial charge in [0.05, 0.1) is 31.6 Å². The normalized spacial score (nSPS) is 23.2. The van der Waals surface area contributed by atoms with Crippen molar-refractivity contribution in [2.24, 2.45) is 5.92 Å². The zero-order chi connectivity index (χ0) is 42.0. The van der Waals surface area contributed by atoms with Gasteiger partial charge in [-0.1, -0.05) is 68.5 Å². The molecule has 0 spiro atoms. The lowest BCUT2D eigenvalue weighted by Crippen LogP contribution is -2.57. The van der Waals surface area contributed by atoms with Gasteiger partial charge in [0.1, 0.15) is 34.2 Å². The van der Waals surface area contributed by atoms with Crippen molar-refractivity contribution in [1.29, 1.82) is 0 Å². The molecule has 1 saturated heterocycles. The Morgan fingerprint density at radius 3 is 2.36 bits per heavy atom. The number of carbonyl (C=O) groups excluding carboxylic acids is 5. The lowest BCUT2D eigenvalue weighted by molar-refractivity contribution is -0.140. The van der Waals surface area contributed by atoms with Crippen LogP contribution in [0, 0.1) is 5.92 Å². The number of carbonyl (C=O) groups is 6.